The average molecular weight is 268 g/mol. The van der Waals surface area contributed by atoms with E-state index in [0.717, 1.165) is 12.8 Å². The molecule has 3 unspecified atom stereocenters. The Balaban J connectivity index is 2.98. The third-order valence-corrected chi connectivity index (χ3v) is 4.25. The lowest BCUT2D eigenvalue weighted by molar-refractivity contribution is -0.137. The highest BCUT2D eigenvalue weighted by Gasteiger charge is 2.36. The van der Waals surface area contributed by atoms with Crippen LogP contribution in [0.2, 0.25) is 0 Å². The number of carbonyl (C=O) groups is 2. The molecule has 0 aromatic rings. The molecule has 0 bridgehead atoms. The van der Waals surface area contributed by atoms with Gasteiger partial charge in [0.1, 0.15) is 6.04 Å². The molecule has 110 valence electrons. The summed E-state index contributed by atoms with van der Waals surface area (Å²) in [4.78, 5) is 26.4. The maximum absolute atomic E-state index is 12.7. The lowest BCUT2D eigenvalue weighted by Gasteiger charge is -2.35. The Bertz CT molecular complexity index is 328. The summed E-state index contributed by atoms with van der Waals surface area (Å²) in [5, 5.41) is 2.90. The second kappa shape index (κ2) is 6.92. The summed E-state index contributed by atoms with van der Waals surface area (Å²) in [5.41, 5.74) is 0. The van der Waals surface area contributed by atoms with E-state index in [0.29, 0.717) is 18.9 Å². The Kier molecular flexibility index (Phi) is 5.83. The van der Waals surface area contributed by atoms with E-state index in [2.05, 4.69) is 33.0 Å². The van der Waals surface area contributed by atoms with Crippen molar-refractivity contribution in [1.82, 2.24) is 10.2 Å². The van der Waals surface area contributed by atoms with Gasteiger partial charge in [0.15, 0.2) is 0 Å². The minimum Gasteiger partial charge on any atom is -0.344 e. The SMILES string of the molecule is CCC(C)C1NC(=O)CCN(C(CC)C(C)C)C1=O. The van der Waals surface area contributed by atoms with E-state index >= 15 is 0 Å². The van der Waals surface area contributed by atoms with Crippen molar-refractivity contribution < 1.29 is 9.59 Å². The van der Waals surface area contributed by atoms with Crippen molar-refractivity contribution in [1.29, 1.82) is 0 Å². The molecule has 0 aromatic heterocycles. The molecule has 1 N–H and O–H groups in total. The Hall–Kier alpha value is -1.06. The zero-order chi connectivity index (χ0) is 14.6. The molecule has 0 aromatic carbocycles. The summed E-state index contributed by atoms with van der Waals surface area (Å²) < 4.78 is 0. The normalized spacial score (nSPS) is 24.1. The van der Waals surface area contributed by atoms with Gasteiger partial charge in [-0.15, -0.1) is 0 Å². The van der Waals surface area contributed by atoms with Crippen molar-refractivity contribution in [3.8, 4) is 0 Å². The van der Waals surface area contributed by atoms with Gasteiger partial charge in [0.05, 0.1) is 0 Å². The average Bonchev–Trinajstić information content (AvgIpc) is 2.51. The third-order valence-electron chi connectivity index (χ3n) is 4.25. The Morgan fingerprint density at radius 1 is 1.21 bits per heavy atom. The zero-order valence-corrected chi connectivity index (χ0v) is 12.9. The van der Waals surface area contributed by atoms with Crippen molar-refractivity contribution in [3.05, 3.63) is 0 Å². The first-order valence-corrected chi connectivity index (χ1v) is 7.52. The molecule has 0 spiro atoms. The number of hydrogen-bond donors (Lipinski definition) is 1. The molecule has 4 nitrogen and oxygen atoms in total. The molecule has 1 aliphatic rings. The summed E-state index contributed by atoms with van der Waals surface area (Å²) in [5.74, 6) is 0.696. The predicted molar refractivity (Wildman–Crippen MR) is 76.6 cm³/mol. The summed E-state index contributed by atoms with van der Waals surface area (Å²) in [6.45, 7) is 11.0. The molecule has 3 atom stereocenters. The van der Waals surface area contributed by atoms with E-state index in [9.17, 15) is 9.59 Å². The second-order valence-corrected chi connectivity index (χ2v) is 5.93. The van der Waals surface area contributed by atoms with Crippen LogP contribution >= 0.6 is 0 Å². The van der Waals surface area contributed by atoms with E-state index < -0.39 is 0 Å². The fourth-order valence-corrected chi connectivity index (χ4v) is 2.82. The van der Waals surface area contributed by atoms with Gasteiger partial charge in [-0.1, -0.05) is 41.0 Å². The van der Waals surface area contributed by atoms with Crippen LogP contribution in [-0.4, -0.2) is 35.3 Å². The van der Waals surface area contributed by atoms with Gasteiger partial charge in [0, 0.05) is 19.0 Å². The van der Waals surface area contributed by atoms with Crippen molar-refractivity contribution in [3.63, 3.8) is 0 Å². The fraction of sp³-hybridized carbons (Fsp3) is 0.867. The highest BCUT2D eigenvalue weighted by Crippen LogP contribution is 2.21. The molecular weight excluding hydrogens is 240 g/mol. The van der Waals surface area contributed by atoms with E-state index in [1.165, 1.54) is 0 Å². The summed E-state index contributed by atoms with van der Waals surface area (Å²) in [6, 6.07) is -0.125. The van der Waals surface area contributed by atoms with Gasteiger partial charge < -0.3 is 10.2 Å². The van der Waals surface area contributed by atoms with Crippen LogP contribution in [0.15, 0.2) is 0 Å². The highest BCUT2D eigenvalue weighted by molar-refractivity contribution is 5.90. The molecule has 1 saturated heterocycles. The largest absolute Gasteiger partial charge is 0.344 e. The second-order valence-electron chi connectivity index (χ2n) is 5.93. The number of hydrogen-bond acceptors (Lipinski definition) is 2. The zero-order valence-electron chi connectivity index (χ0n) is 12.9. The van der Waals surface area contributed by atoms with Crippen LogP contribution in [0.25, 0.3) is 0 Å². The Morgan fingerprint density at radius 2 is 1.84 bits per heavy atom. The lowest BCUT2D eigenvalue weighted by Crippen LogP contribution is -2.52. The number of nitrogens with zero attached hydrogens (tertiary/aromatic N) is 1. The van der Waals surface area contributed by atoms with Crippen LogP contribution in [-0.2, 0) is 9.59 Å². The quantitative estimate of drug-likeness (QED) is 0.831. The standard InChI is InChI=1S/C15H28N2O2/c1-6-11(5)14-15(19)17(9-8-13(18)16-14)12(7-2)10(3)4/h10-12,14H,6-9H2,1-5H3,(H,16,18). The minimum atomic E-state index is -0.354. The van der Waals surface area contributed by atoms with Crippen molar-refractivity contribution in [2.75, 3.05) is 6.54 Å². The first-order valence-electron chi connectivity index (χ1n) is 7.52. The molecular formula is C15H28N2O2. The van der Waals surface area contributed by atoms with Crippen LogP contribution in [0.3, 0.4) is 0 Å². The van der Waals surface area contributed by atoms with Gasteiger partial charge in [0.2, 0.25) is 11.8 Å². The number of carbonyl (C=O) groups excluding carboxylic acids is 2. The van der Waals surface area contributed by atoms with Crippen LogP contribution in [0.4, 0.5) is 0 Å². The van der Waals surface area contributed by atoms with Gasteiger partial charge in [-0.3, -0.25) is 9.59 Å². The van der Waals surface area contributed by atoms with Crippen LogP contribution in [0.5, 0.6) is 0 Å². The first kappa shape index (κ1) is 16.0. The highest BCUT2D eigenvalue weighted by atomic mass is 16.2. The first-order chi connectivity index (χ1) is 8.92. The molecule has 1 aliphatic heterocycles. The monoisotopic (exact) mass is 268 g/mol. The maximum atomic E-state index is 12.7. The Labute approximate surface area is 116 Å². The summed E-state index contributed by atoms with van der Waals surface area (Å²) in [6.07, 6.45) is 2.25. The summed E-state index contributed by atoms with van der Waals surface area (Å²) >= 11 is 0. The topological polar surface area (TPSA) is 49.4 Å². The molecule has 1 heterocycles. The third kappa shape index (κ3) is 3.71. The van der Waals surface area contributed by atoms with Gasteiger partial charge in [-0.25, -0.2) is 0 Å². The number of nitrogens with one attached hydrogen (secondary N) is 1. The van der Waals surface area contributed by atoms with Gasteiger partial charge in [0.25, 0.3) is 0 Å². The fourth-order valence-electron chi connectivity index (χ4n) is 2.82. The molecule has 4 heteroatoms. The Morgan fingerprint density at radius 3 is 2.32 bits per heavy atom. The lowest BCUT2D eigenvalue weighted by atomic mass is 9.95. The van der Waals surface area contributed by atoms with Crippen LogP contribution in [0, 0.1) is 11.8 Å². The van der Waals surface area contributed by atoms with Crippen molar-refractivity contribution >= 4 is 11.8 Å². The molecule has 0 radical (unpaired) electrons. The molecule has 0 saturated carbocycles. The van der Waals surface area contributed by atoms with E-state index in [4.69, 9.17) is 0 Å². The smallest absolute Gasteiger partial charge is 0.245 e. The summed E-state index contributed by atoms with van der Waals surface area (Å²) in [7, 11) is 0. The van der Waals surface area contributed by atoms with Gasteiger partial charge in [-0.2, -0.15) is 0 Å². The molecule has 1 rings (SSSR count). The number of rotatable bonds is 5. The van der Waals surface area contributed by atoms with Crippen molar-refractivity contribution in [2.45, 2.75) is 66.0 Å². The van der Waals surface area contributed by atoms with Gasteiger partial charge >= 0.3 is 0 Å². The van der Waals surface area contributed by atoms with E-state index in [1.807, 2.05) is 11.8 Å². The van der Waals surface area contributed by atoms with E-state index in [-0.39, 0.29) is 29.8 Å². The van der Waals surface area contributed by atoms with Gasteiger partial charge in [-0.05, 0) is 18.3 Å². The van der Waals surface area contributed by atoms with E-state index in [1.54, 1.807) is 0 Å². The predicted octanol–water partition coefficient (Wildman–Crippen LogP) is 2.18. The molecule has 19 heavy (non-hydrogen) atoms. The minimum absolute atomic E-state index is 0.000223. The van der Waals surface area contributed by atoms with Crippen LogP contribution < -0.4 is 5.32 Å². The van der Waals surface area contributed by atoms with Crippen LogP contribution in [0.1, 0.15) is 53.9 Å². The van der Waals surface area contributed by atoms with Crippen molar-refractivity contribution in [2.24, 2.45) is 11.8 Å². The number of amides is 2. The molecule has 1 fully saturated rings. The molecule has 2 amide bonds. The maximum Gasteiger partial charge on any atom is 0.245 e. The molecule has 0 aliphatic carbocycles.